The van der Waals surface area contributed by atoms with Gasteiger partial charge in [0.25, 0.3) is 0 Å². The Morgan fingerprint density at radius 2 is 1.95 bits per heavy atom. The Balaban J connectivity index is 2.25. The monoisotopic (exact) mass is 350 g/mol. The zero-order valence-electron chi connectivity index (χ0n) is 12.2. The third-order valence-corrected chi connectivity index (χ3v) is 3.88. The first-order chi connectivity index (χ1) is 9.90. The van der Waals surface area contributed by atoms with E-state index in [-0.39, 0.29) is 18.1 Å². The molecule has 0 N–H and O–H groups in total. The Morgan fingerprint density at radius 3 is 2.52 bits per heavy atom. The number of carbonyl (C=O) groups excluding carboxylic acids is 1. The molecule has 0 saturated carbocycles. The van der Waals surface area contributed by atoms with Crippen LogP contribution in [0.2, 0.25) is 0 Å². The van der Waals surface area contributed by atoms with Crippen LogP contribution in [-0.4, -0.2) is 17.9 Å². The number of anilines is 1. The molecule has 110 valence electrons. The average molecular weight is 351 g/mol. The Labute approximate surface area is 131 Å². The minimum atomic E-state index is -0.502. The van der Waals surface area contributed by atoms with Crippen molar-refractivity contribution < 1.29 is 9.18 Å². The Kier molecular flexibility index (Phi) is 4.73. The molecule has 21 heavy (non-hydrogen) atoms. The molecule has 2 rings (SSSR count). The van der Waals surface area contributed by atoms with Crippen LogP contribution in [0.15, 0.2) is 34.9 Å². The van der Waals surface area contributed by atoms with Crippen molar-refractivity contribution in [3.63, 3.8) is 0 Å². The minimum absolute atomic E-state index is 0.0508. The summed E-state index contributed by atoms with van der Waals surface area (Å²) in [4.78, 5) is 17.5. The van der Waals surface area contributed by atoms with Gasteiger partial charge in [-0.2, -0.15) is 0 Å². The number of pyridine rings is 1. The summed E-state index contributed by atoms with van der Waals surface area (Å²) < 4.78 is 14.7. The van der Waals surface area contributed by atoms with Crippen LogP contribution in [0.1, 0.15) is 16.7 Å². The van der Waals surface area contributed by atoms with Crippen LogP contribution in [0.25, 0.3) is 0 Å². The number of likely N-dealkylation sites (N-methyl/N-ethyl adjacent to an activating group) is 1. The highest BCUT2D eigenvalue weighted by atomic mass is 79.9. The maximum Gasteiger partial charge on any atom is 0.232 e. The molecule has 0 fully saturated rings. The first kappa shape index (κ1) is 15.6. The van der Waals surface area contributed by atoms with E-state index in [1.165, 1.54) is 30.3 Å². The van der Waals surface area contributed by atoms with Gasteiger partial charge < -0.3 is 0 Å². The van der Waals surface area contributed by atoms with Gasteiger partial charge in [-0.15, -0.1) is 0 Å². The smallest absolute Gasteiger partial charge is 0.232 e. The first-order valence-electron chi connectivity index (χ1n) is 6.53. The first-order valence-corrected chi connectivity index (χ1v) is 7.32. The summed E-state index contributed by atoms with van der Waals surface area (Å²) >= 11 is 3.43. The number of amides is 1. The van der Waals surface area contributed by atoms with Crippen molar-refractivity contribution in [2.24, 2.45) is 0 Å². The second kappa shape index (κ2) is 6.35. The number of aryl methyl sites for hydroxylation is 2. The van der Waals surface area contributed by atoms with E-state index in [9.17, 15) is 9.18 Å². The molecule has 1 aromatic heterocycles. The van der Waals surface area contributed by atoms with Gasteiger partial charge in [-0.3, -0.25) is 9.69 Å². The fourth-order valence-corrected chi connectivity index (χ4v) is 2.92. The molecular weight excluding hydrogens is 335 g/mol. The van der Waals surface area contributed by atoms with E-state index in [0.717, 1.165) is 21.2 Å². The quantitative estimate of drug-likeness (QED) is 0.843. The van der Waals surface area contributed by atoms with E-state index < -0.39 is 5.82 Å². The van der Waals surface area contributed by atoms with Gasteiger partial charge in [0.2, 0.25) is 5.91 Å². The van der Waals surface area contributed by atoms with Gasteiger partial charge in [0.15, 0.2) is 11.6 Å². The normalized spacial score (nSPS) is 10.5. The molecule has 0 aliphatic carbocycles. The van der Waals surface area contributed by atoms with Crippen molar-refractivity contribution in [2.45, 2.75) is 20.3 Å². The third kappa shape index (κ3) is 3.47. The molecule has 0 aliphatic heterocycles. The van der Waals surface area contributed by atoms with Crippen LogP contribution in [0, 0.1) is 19.7 Å². The molecule has 5 heteroatoms. The summed E-state index contributed by atoms with van der Waals surface area (Å²) in [5.74, 6) is -0.645. The number of nitrogens with zero attached hydrogens (tertiary/aromatic N) is 2. The Morgan fingerprint density at radius 1 is 1.33 bits per heavy atom. The van der Waals surface area contributed by atoms with Crippen LogP contribution >= 0.6 is 15.9 Å². The van der Waals surface area contributed by atoms with Crippen LogP contribution < -0.4 is 4.90 Å². The molecular formula is C16H16BrFN2O. The van der Waals surface area contributed by atoms with Gasteiger partial charge in [0.05, 0.1) is 6.42 Å². The van der Waals surface area contributed by atoms with Crippen molar-refractivity contribution in [1.82, 2.24) is 4.98 Å². The van der Waals surface area contributed by atoms with Crippen molar-refractivity contribution in [2.75, 3.05) is 11.9 Å². The summed E-state index contributed by atoms with van der Waals surface area (Å²) in [7, 11) is 1.54. The number of rotatable bonds is 3. The van der Waals surface area contributed by atoms with Crippen molar-refractivity contribution >= 4 is 27.7 Å². The molecule has 1 heterocycles. The van der Waals surface area contributed by atoms with Crippen molar-refractivity contribution in [1.29, 1.82) is 0 Å². The molecule has 1 aromatic carbocycles. The molecule has 0 radical (unpaired) electrons. The Bertz CT molecular complexity index is 665. The maximum absolute atomic E-state index is 13.7. The summed E-state index contributed by atoms with van der Waals surface area (Å²) in [5, 5.41) is 0. The minimum Gasteiger partial charge on any atom is -0.297 e. The lowest BCUT2D eigenvalue weighted by molar-refractivity contribution is -0.117. The lowest BCUT2D eigenvalue weighted by Crippen LogP contribution is -2.30. The fourth-order valence-electron chi connectivity index (χ4n) is 2.23. The van der Waals surface area contributed by atoms with E-state index in [4.69, 9.17) is 0 Å². The summed E-state index contributed by atoms with van der Waals surface area (Å²) in [6.07, 6.45) is 1.69. The molecule has 0 atom stereocenters. The Hall–Kier alpha value is -1.75. The highest BCUT2D eigenvalue weighted by Gasteiger charge is 2.18. The van der Waals surface area contributed by atoms with Gasteiger partial charge in [-0.05, 0) is 54.8 Å². The molecule has 0 spiro atoms. The zero-order valence-corrected chi connectivity index (χ0v) is 13.7. The zero-order chi connectivity index (χ0) is 15.6. The van der Waals surface area contributed by atoms with E-state index in [1.807, 2.05) is 26.0 Å². The lowest BCUT2D eigenvalue weighted by atomic mass is 9.99. The largest absolute Gasteiger partial charge is 0.297 e. The molecule has 1 amide bonds. The number of hydrogen-bond donors (Lipinski definition) is 0. The summed E-state index contributed by atoms with van der Waals surface area (Å²) in [5.41, 5.74) is 3.03. The van der Waals surface area contributed by atoms with Crippen LogP contribution in [-0.2, 0) is 11.2 Å². The second-order valence-electron chi connectivity index (χ2n) is 4.96. The van der Waals surface area contributed by atoms with E-state index in [1.54, 1.807) is 0 Å². The van der Waals surface area contributed by atoms with Crippen LogP contribution in [0.5, 0.6) is 0 Å². The van der Waals surface area contributed by atoms with Gasteiger partial charge in [0.1, 0.15) is 0 Å². The van der Waals surface area contributed by atoms with Crippen LogP contribution in [0.4, 0.5) is 10.2 Å². The molecule has 0 aliphatic rings. The summed E-state index contributed by atoms with van der Waals surface area (Å²) in [6, 6.07) is 6.73. The number of halogens is 2. The molecule has 3 nitrogen and oxygen atoms in total. The van der Waals surface area contributed by atoms with Gasteiger partial charge in [-0.1, -0.05) is 15.9 Å². The fraction of sp³-hybridized carbons (Fsp3) is 0.250. The predicted octanol–water partition coefficient (Wildman–Crippen LogP) is 3.81. The number of carbonyl (C=O) groups is 1. The van der Waals surface area contributed by atoms with Crippen LogP contribution in [0.3, 0.4) is 0 Å². The molecule has 0 saturated heterocycles. The average Bonchev–Trinajstić information content (AvgIpc) is 2.42. The number of aromatic nitrogens is 1. The second-order valence-corrected chi connectivity index (χ2v) is 5.87. The van der Waals surface area contributed by atoms with E-state index in [2.05, 4.69) is 20.9 Å². The van der Waals surface area contributed by atoms with E-state index >= 15 is 0 Å². The number of hydrogen-bond acceptors (Lipinski definition) is 2. The maximum atomic E-state index is 13.7. The highest BCUT2D eigenvalue weighted by molar-refractivity contribution is 9.10. The topological polar surface area (TPSA) is 33.2 Å². The molecule has 0 bridgehead atoms. The van der Waals surface area contributed by atoms with Gasteiger partial charge in [-0.25, -0.2) is 9.37 Å². The van der Waals surface area contributed by atoms with Gasteiger partial charge in [0, 0.05) is 17.7 Å². The third-order valence-electron chi connectivity index (χ3n) is 3.42. The highest BCUT2D eigenvalue weighted by Crippen LogP contribution is 2.22. The molecule has 0 unspecified atom stereocenters. The predicted molar refractivity (Wildman–Crippen MR) is 84.9 cm³/mol. The lowest BCUT2D eigenvalue weighted by Gasteiger charge is -2.18. The van der Waals surface area contributed by atoms with Gasteiger partial charge >= 0.3 is 0 Å². The van der Waals surface area contributed by atoms with Crippen molar-refractivity contribution in [3.8, 4) is 0 Å². The SMILES string of the molecule is Cc1cc(Br)cc(C)c1CC(=O)N(C)c1ncccc1F. The summed E-state index contributed by atoms with van der Waals surface area (Å²) in [6.45, 7) is 3.92. The van der Waals surface area contributed by atoms with Crippen molar-refractivity contribution in [3.05, 3.63) is 57.4 Å². The van der Waals surface area contributed by atoms with E-state index in [0.29, 0.717) is 0 Å². The molecule has 2 aromatic rings. The standard InChI is InChI=1S/C16H16BrFN2O/c1-10-7-12(17)8-11(2)13(10)9-15(21)20(3)16-14(18)5-4-6-19-16/h4-8H,9H2,1-3H3. The number of benzene rings is 1.